The van der Waals surface area contributed by atoms with Crippen LogP contribution in [0.4, 0.5) is 25.2 Å². The lowest BCUT2D eigenvalue weighted by Crippen LogP contribution is -2.38. The van der Waals surface area contributed by atoms with Gasteiger partial charge >= 0.3 is 6.09 Å². The maximum Gasteiger partial charge on any atom is 0.407 e. The molecule has 0 saturated carbocycles. The highest BCUT2D eigenvalue weighted by molar-refractivity contribution is 7.92. The summed E-state index contributed by atoms with van der Waals surface area (Å²) in [6.45, 7) is 7.01. The molecule has 3 N–H and O–H groups in total. The number of aromatic nitrogens is 4. The van der Waals surface area contributed by atoms with Crippen molar-refractivity contribution >= 4 is 39.4 Å². The van der Waals surface area contributed by atoms with Gasteiger partial charge in [-0.25, -0.2) is 32.0 Å². The summed E-state index contributed by atoms with van der Waals surface area (Å²) in [5.41, 5.74) is 0.147. The first-order valence-electron chi connectivity index (χ1n) is 11.6. The van der Waals surface area contributed by atoms with Gasteiger partial charge in [0.1, 0.15) is 11.4 Å². The third-order valence-corrected chi connectivity index (χ3v) is 7.43. The van der Waals surface area contributed by atoms with Gasteiger partial charge in [0.25, 0.3) is 0 Å². The molecule has 0 radical (unpaired) electrons. The molecular formula is C23H28ClF2N7O4S. The monoisotopic (exact) mass is 571 g/mol. The fourth-order valence-corrected chi connectivity index (χ4v) is 4.27. The Labute approximate surface area is 223 Å². The van der Waals surface area contributed by atoms with Gasteiger partial charge in [-0.2, -0.15) is 5.10 Å². The molecule has 1 atom stereocenters. The van der Waals surface area contributed by atoms with Crippen molar-refractivity contribution in [2.45, 2.75) is 39.8 Å². The third-order valence-electron chi connectivity index (χ3n) is 5.76. The Morgan fingerprint density at radius 2 is 1.95 bits per heavy atom. The standard InChI is InChI=1S/C23H28ClF2N7O4S/c1-6-38(36,37)31-21-18(24)14(9-16(25)19(21)26)20-15(11-33(30-20)12(2)3)17-7-8-27-22(29-17)28-10-13(4)32(5)23(34)35/h7-9,11-13,31H,6,10H2,1-5H3,(H,34,35)(H,27,28,29)/t13-/m0/s1. The fraction of sp³-hybridized carbons (Fsp3) is 0.391. The lowest BCUT2D eigenvalue weighted by Gasteiger charge is -2.22. The van der Waals surface area contributed by atoms with Crippen LogP contribution < -0.4 is 10.0 Å². The molecule has 2 aromatic heterocycles. The van der Waals surface area contributed by atoms with Crippen molar-refractivity contribution in [2.24, 2.45) is 0 Å². The Hall–Kier alpha value is -3.52. The zero-order chi connectivity index (χ0) is 28.4. The quantitative estimate of drug-likeness (QED) is 0.297. The fourth-order valence-electron chi connectivity index (χ4n) is 3.29. The van der Waals surface area contributed by atoms with Gasteiger partial charge in [-0.15, -0.1) is 0 Å². The molecule has 0 unspecified atom stereocenters. The first kappa shape index (κ1) is 29.0. The van der Waals surface area contributed by atoms with Crippen molar-refractivity contribution in [3.05, 3.63) is 41.2 Å². The van der Waals surface area contributed by atoms with E-state index in [1.165, 1.54) is 20.2 Å². The molecule has 0 aliphatic carbocycles. The number of likely N-dealkylation sites (N-methyl/N-ethyl adjacent to an activating group) is 1. The van der Waals surface area contributed by atoms with Gasteiger partial charge in [-0.05, 0) is 39.8 Å². The van der Waals surface area contributed by atoms with Crippen LogP contribution in [0.25, 0.3) is 22.5 Å². The van der Waals surface area contributed by atoms with Crippen molar-refractivity contribution in [1.82, 2.24) is 24.6 Å². The molecule has 15 heteroatoms. The van der Waals surface area contributed by atoms with Gasteiger partial charge in [0, 0.05) is 49.2 Å². The Morgan fingerprint density at radius 1 is 1.26 bits per heavy atom. The van der Waals surface area contributed by atoms with Crippen molar-refractivity contribution in [2.75, 3.05) is 29.4 Å². The Kier molecular flexibility index (Phi) is 8.77. The smallest absolute Gasteiger partial charge is 0.407 e. The number of nitrogens with one attached hydrogen (secondary N) is 2. The zero-order valence-corrected chi connectivity index (χ0v) is 22.9. The Morgan fingerprint density at radius 3 is 2.55 bits per heavy atom. The minimum atomic E-state index is -3.97. The Bertz CT molecular complexity index is 1450. The summed E-state index contributed by atoms with van der Waals surface area (Å²) in [7, 11) is -2.53. The molecule has 1 aromatic carbocycles. The molecule has 3 aromatic rings. The lowest BCUT2D eigenvalue weighted by molar-refractivity contribution is 0.144. The van der Waals surface area contributed by atoms with E-state index in [1.54, 1.807) is 23.9 Å². The number of halogens is 3. The molecule has 11 nitrogen and oxygen atoms in total. The number of carbonyl (C=O) groups is 1. The highest BCUT2D eigenvalue weighted by atomic mass is 35.5. The van der Waals surface area contributed by atoms with Crippen molar-refractivity contribution in [1.29, 1.82) is 0 Å². The number of hydrogen-bond acceptors (Lipinski definition) is 7. The average molecular weight is 572 g/mol. The van der Waals surface area contributed by atoms with Crippen LogP contribution in [0.5, 0.6) is 0 Å². The number of rotatable bonds is 10. The summed E-state index contributed by atoms with van der Waals surface area (Å²) in [6.07, 6.45) is 2.05. The van der Waals surface area contributed by atoms with Crippen LogP contribution >= 0.6 is 11.6 Å². The second kappa shape index (κ2) is 11.5. The van der Waals surface area contributed by atoms with Crippen LogP contribution in [0.3, 0.4) is 0 Å². The summed E-state index contributed by atoms with van der Waals surface area (Å²) in [5, 5.41) is 16.3. The lowest BCUT2D eigenvalue weighted by atomic mass is 10.0. The van der Waals surface area contributed by atoms with E-state index in [9.17, 15) is 22.0 Å². The van der Waals surface area contributed by atoms with Crippen LogP contribution in [0.2, 0.25) is 5.02 Å². The highest BCUT2D eigenvalue weighted by Crippen LogP contribution is 2.41. The number of sulfonamides is 1. The summed E-state index contributed by atoms with van der Waals surface area (Å²) >= 11 is 6.42. The van der Waals surface area contributed by atoms with E-state index in [0.717, 1.165) is 11.0 Å². The topological polar surface area (TPSA) is 142 Å². The van der Waals surface area contributed by atoms with Gasteiger partial charge in [0.2, 0.25) is 16.0 Å². The summed E-state index contributed by atoms with van der Waals surface area (Å²) in [5.74, 6) is -2.93. The second-order valence-electron chi connectivity index (χ2n) is 8.77. The minimum Gasteiger partial charge on any atom is -0.465 e. The number of anilines is 2. The van der Waals surface area contributed by atoms with Crippen molar-refractivity contribution in [3.8, 4) is 22.5 Å². The van der Waals surface area contributed by atoms with Crippen LogP contribution in [0, 0.1) is 11.6 Å². The van der Waals surface area contributed by atoms with Crippen LogP contribution in [-0.4, -0.2) is 69.7 Å². The number of hydrogen-bond donors (Lipinski definition) is 3. The largest absolute Gasteiger partial charge is 0.465 e. The number of carboxylic acid groups (broad SMARTS) is 1. The van der Waals surface area contributed by atoms with E-state index < -0.39 is 33.4 Å². The van der Waals surface area contributed by atoms with Gasteiger partial charge in [0.05, 0.1) is 16.5 Å². The van der Waals surface area contributed by atoms with E-state index in [2.05, 4.69) is 20.4 Å². The molecule has 3 rings (SSSR count). The molecule has 0 bridgehead atoms. The molecule has 2 heterocycles. The first-order chi connectivity index (χ1) is 17.8. The molecule has 206 valence electrons. The third kappa shape index (κ3) is 6.30. The normalized spacial score (nSPS) is 12.4. The van der Waals surface area contributed by atoms with Gasteiger partial charge in [-0.3, -0.25) is 9.40 Å². The Balaban J connectivity index is 2.10. The van der Waals surface area contributed by atoms with Gasteiger partial charge in [0.15, 0.2) is 11.6 Å². The number of amides is 1. The predicted molar refractivity (Wildman–Crippen MR) is 141 cm³/mol. The summed E-state index contributed by atoms with van der Waals surface area (Å²) < 4.78 is 57.1. The van der Waals surface area contributed by atoms with E-state index in [0.29, 0.717) is 11.3 Å². The van der Waals surface area contributed by atoms with E-state index >= 15 is 0 Å². The molecule has 0 spiro atoms. The molecule has 0 saturated heterocycles. The van der Waals surface area contributed by atoms with Crippen LogP contribution in [-0.2, 0) is 10.0 Å². The maximum absolute atomic E-state index is 14.7. The van der Waals surface area contributed by atoms with Crippen molar-refractivity contribution in [3.63, 3.8) is 0 Å². The molecular weight excluding hydrogens is 544 g/mol. The first-order valence-corrected chi connectivity index (χ1v) is 13.6. The van der Waals surface area contributed by atoms with E-state index in [-0.39, 0.29) is 46.6 Å². The zero-order valence-electron chi connectivity index (χ0n) is 21.3. The number of benzene rings is 1. The minimum absolute atomic E-state index is 0.0430. The summed E-state index contributed by atoms with van der Waals surface area (Å²) in [6, 6.07) is 1.92. The van der Waals surface area contributed by atoms with E-state index in [4.69, 9.17) is 16.7 Å². The molecule has 1 amide bonds. The van der Waals surface area contributed by atoms with Gasteiger partial charge < -0.3 is 15.3 Å². The molecule has 0 aliphatic heterocycles. The molecule has 38 heavy (non-hydrogen) atoms. The van der Waals surface area contributed by atoms with Crippen LogP contribution in [0.15, 0.2) is 24.5 Å². The second-order valence-corrected chi connectivity index (χ2v) is 11.2. The van der Waals surface area contributed by atoms with E-state index in [1.807, 2.05) is 18.6 Å². The number of nitrogens with zero attached hydrogens (tertiary/aromatic N) is 5. The predicted octanol–water partition coefficient (Wildman–Crippen LogP) is 4.69. The SMILES string of the molecule is CCS(=O)(=O)Nc1c(F)c(F)cc(-c2nn(C(C)C)cc2-c2ccnc(NC[C@H](C)N(C)C(=O)O)n2)c1Cl. The average Bonchev–Trinajstić information content (AvgIpc) is 3.32. The molecule has 0 fully saturated rings. The van der Waals surface area contributed by atoms with Gasteiger partial charge in [-0.1, -0.05) is 11.6 Å². The highest BCUT2D eigenvalue weighted by Gasteiger charge is 2.26. The van der Waals surface area contributed by atoms with Crippen LogP contribution in [0.1, 0.15) is 33.7 Å². The summed E-state index contributed by atoms with van der Waals surface area (Å²) in [4.78, 5) is 20.9. The maximum atomic E-state index is 14.7. The molecule has 0 aliphatic rings. The van der Waals surface area contributed by atoms with Crippen molar-refractivity contribution < 1.29 is 27.1 Å².